The molecule has 2 N–H and O–H groups in total. The zero-order chi connectivity index (χ0) is 11.9. The van der Waals surface area contributed by atoms with Crippen molar-refractivity contribution < 1.29 is 15.3 Å². The molecule has 96 valence electrons. The molecule has 3 heteroatoms. The van der Waals surface area contributed by atoms with E-state index in [9.17, 15) is 5.11 Å². The summed E-state index contributed by atoms with van der Waals surface area (Å²) >= 11 is 0. The summed E-state index contributed by atoms with van der Waals surface area (Å²) in [6.07, 6.45) is 11.6. The highest BCUT2D eigenvalue weighted by molar-refractivity contribution is 4.70. The fourth-order valence-corrected chi connectivity index (χ4v) is 2.50. The van der Waals surface area contributed by atoms with Crippen LogP contribution in [0, 0.1) is 5.92 Å². The van der Waals surface area contributed by atoms with Crippen LogP contribution in [0.4, 0.5) is 0 Å². The molecule has 2 rings (SSSR count). The summed E-state index contributed by atoms with van der Waals surface area (Å²) in [7, 11) is 0. The number of rotatable bonds is 1. The van der Waals surface area contributed by atoms with Gasteiger partial charge in [-0.1, -0.05) is 45.4 Å². The molecule has 0 aromatic carbocycles. The Kier molecular flexibility index (Phi) is 6.32. The van der Waals surface area contributed by atoms with Crippen molar-refractivity contribution in [1.29, 1.82) is 0 Å². The van der Waals surface area contributed by atoms with Crippen LogP contribution < -0.4 is 0 Å². The Hall–Kier alpha value is -0.120. The fourth-order valence-electron chi connectivity index (χ4n) is 2.50. The SMILES string of the molecule is CC1CCCCC1.OOC1(O)CCCCC1. The lowest BCUT2D eigenvalue weighted by molar-refractivity contribution is -0.399. The van der Waals surface area contributed by atoms with Crippen molar-refractivity contribution in [2.75, 3.05) is 0 Å². The Labute approximate surface area is 98.7 Å². The predicted octanol–water partition coefficient (Wildman–Crippen LogP) is 3.72. The van der Waals surface area contributed by atoms with Gasteiger partial charge >= 0.3 is 0 Å². The molecule has 0 aliphatic heterocycles. The van der Waals surface area contributed by atoms with Crippen LogP contribution in [-0.4, -0.2) is 16.2 Å². The van der Waals surface area contributed by atoms with E-state index in [4.69, 9.17) is 5.26 Å². The number of aliphatic hydroxyl groups is 1. The average molecular weight is 230 g/mol. The minimum absolute atomic E-state index is 0.559. The molecule has 0 aromatic rings. The van der Waals surface area contributed by atoms with Gasteiger partial charge < -0.3 is 5.11 Å². The van der Waals surface area contributed by atoms with Gasteiger partial charge in [0.25, 0.3) is 0 Å². The molecule has 2 fully saturated rings. The van der Waals surface area contributed by atoms with Crippen molar-refractivity contribution in [3.63, 3.8) is 0 Å². The molecule has 0 aromatic heterocycles. The van der Waals surface area contributed by atoms with E-state index in [0.717, 1.165) is 25.2 Å². The minimum Gasteiger partial charge on any atom is -0.363 e. The molecule has 2 saturated carbocycles. The van der Waals surface area contributed by atoms with Crippen LogP contribution >= 0.6 is 0 Å². The van der Waals surface area contributed by atoms with Gasteiger partial charge in [0, 0.05) is 12.8 Å². The van der Waals surface area contributed by atoms with Crippen molar-refractivity contribution in [3.05, 3.63) is 0 Å². The van der Waals surface area contributed by atoms with E-state index >= 15 is 0 Å². The van der Waals surface area contributed by atoms with Crippen LogP contribution in [0.1, 0.15) is 71.1 Å². The molecule has 0 radical (unpaired) electrons. The van der Waals surface area contributed by atoms with Gasteiger partial charge in [0.2, 0.25) is 0 Å². The van der Waals surface area contributed by atoms with Gasteiger partial charge in [0.05, 0.1) is 0 Å². The number of hydrogen-bond acceptors (Lipinski definition) is 3. The summed E-state index contributed by atoms with van der Waals surface area (Å²) < 4.78 is 0. The van der Waals surface area contributed by atoms with Crippen LogP contribution in [-0.2, 0) is 4.89 Å². The van der Waals surface area contributed by atoms with E-state index in [1.54, 1.807) is 0 Å². The Balaban J connectivity index is 0.000000165. The number of hydrogen-bond donors (Lipinski definition) is 2. The molecule has 0 unspecified atom stereocenters. The molecular formula is C13H26O3. The Morgan fingerprint density at radius 2 is 1.44 bits per heavy atom. The van der Waals surface area contributed by atoms with Crippen LogP contribution in [0.5, 0.6) is 0 Å². The molecule has 0 heterocycles. The van der Waals surface area contributed by atoms with E-state index in [1.807, 2.05) is 0 Å². The molecule has 2 aliphatic rings. The first-order chi connectivity index (χ1) is 7.66. The Morgan fingerprint density at radius 3 is 1.75 bits per heavy atom. The van der Waals surface area contributed by atoms with Crippen molar-refractivity contribution in [3.8, 4) is 0 Å². The molecule has 0 bridgehead atoms. The summed E-state index contributed by atoms with van der Waals surface area (Å²) in [6.45, 7) is 2.36. The second-order valence-electron chi connectivity index (χ2n) is 5.34. The normalized spacial score (nSPS) is 25.7. The topological polar surface area (TPSA) is 49.7 Å². The van der Waals surface area contributed by atoms with E-state index in [0.29, 0.717) is 12.8 Å². The van der Waals surface area contributed by atoms with Gasteiger partial charge in [0.15, 0.2) is 5.79 Å². The maximum Gasteiger partial charge on any atom is 0.198 e. The van der Waals surface area contributed by atoms with Gasteiger partial charge in [-0.05, 0) is 18.8 Å². The zero-order valence-electron chi connectivity index (χ0n) is 10.5. The van der Waals surface area contributed by atoms with Crippen LogP contribution in [0.3, 0.4) is 0 Å². The average Bonchev–Trinajstić information content (AvgIpc) is 2.32. The maximum absolute atomic E-state index is 9.21. The summed E-state index contributed by atoms with van der Waals surface area (Å²) in [4.78, 5) is 3.93. The first-order valence-corrected chi connectivity index (χ1v) is 6.71. The molecule has 16 heavy (non-hydrogen) atoms. The molecule has 0 saturated heterocycles. The van der Waals surface area contributed by atoms with Crippen molar-refractivity contribution in [2.24, 2.45) is 5.92 Å². The molecule has 2 aliphatic carbocycles. The van der Waals surface area contributed by atoms with Gasteiger partial charge in [-0.25, -0.2) is 10.1 Å². The highest BCUT2D eigenvalue weighted by atomic mass is 17.1. The lowest BCUT2D eigenvalue weighted by atomic mass is 9.91. The van der Waals surface area contributed by atoms with Gasteiger partial charge in [-0.3, -0.25) is 0 Å². The van der Waals surface area contributed by atoms with Crippen LogP contribution in [0.2, 0.25) is 0 Å². The quantitative estimate of drug-likeness (QED) is 0.410. The predicted molar refractivity (Wildman–Crippen MR) is 64.0 cm³/mol. The van der Waals surface area contributed by atoms with E-state index < -0.39 is 5.79 Å². The largest absolute Gasteiger partial charge is 0.363 e. The first-order valence-electron chi connectivity index (χ1n) is 6.71. The standard InChI is InChI=1S/C7H14.C6H12O3/c1-7-5-3-2-4-6-7;7-6(9-8)4-2-1-3-5-6/h7H,2-6H2,1H3;7-8H,1-5H2. The zero-order valence-corrected chi connectivity index (χ0v) is 10.5. The minimum atomic E-state index is -1.22. The van der Waals surface area contributed by atoms with Crippen molar-refractivity contribution >= 4 is 0 Å². The summed E-state index contributed by atoms with van der Waals surface area (Å²) in [5.74, 6) is -0.188. The second kappa shape index (κ2) is 7.25. The summed E-state index contributed by atoms with van der Waals surface area (Å²) in [5, 5.41) is 17.4. The molecule has 3 nitrogen and oxygen atoms in total. The highest BCUT2D eigenvalue weighted by Crippen LogP contribution is 2.27. The first kappa shape index (κ1) is 13.9. The Bertz CT molecular complexity index is 170. The van der Waals surface area contributed by atoms with Crippen LogP contribution in [0.15, 0.2) is 0 Å². The van der Waals surface area contributed by atoms with Crippen LogP contribution in [0.25, 0.3) is 0 Å². The maximum atomic E-state index is 9.21. The third-order valence-electron chi connectivity index (χ3n) is 3.70. The fraction of sp³-hybridized carbons (Fsp3) is 1.00. The van der Waals surface area contributed by atoms with Gasteiger partial charge in [-0.2, -0.15) is 0 Å². The summed E-state index contributed by atoms with van der Waals surface area (Å²) in [6, 6.07) is 0. The van der Waals surface area contributed by atoms with E-state index in [1.165, 1.54) is 32.1 Å². The van der Waals surface area contributed by atoms with Gasteiger partial charge in [0.1, 0.15) is 0 Å². The molecule has 0 amide bonds. The van der Waals surface area contributed by atoms with E-state index in [-0.39, 0.29) is 0 Å². The van der Waals surface area contributed by atoms with Crippen molar-refractivity contribution in [2.45, 2.75) is 76.9 Å². The molecule has 0 spiro atoms. The highest BCUT2D eigenvalue weighted by Gasteiger charge is 2.30. The monoisotopic (exact) mass is 230 g/mol. The van der Waals surface area contributed by atoms with E-state index in [2.05, 4.69) is 11.8 Å². The van der Waals surface area contributed by atoms with Crippen molar-refractivity contribution in [1.82, 2.24) is 0 Å². The smallest absolute Gasteiger partial charge is 0.198 e. The third kappa shape index (κ3) is 5.28. The molecular weight excluding hydrogens is 204 g/mol. The summed E-state index contributed by atoms with van der Waals surface area (Å²) in [5.41, 5.74) is 0. The second-order valence-corrected chi connectivity index (χ2v) is 5.34. The lowest BCUT2D eigenvalue weighted by Crippen LogP contribution is -2.33. The molecule has 0 atom stereocenters. The Morgan fingerprint density at radius 1 is 0.938 bits per heavy atom. The lowest BCUT2D eigenvalue weighted by Gasteiger charge is -2.27. The van der Waals surface area contributed by atoms with Gasteiger partial charge in [-0.15, -0.1) is 0 Å². The third-order valence-corrected chi connectivity index (χ3v) is 3.70.